The Morgan fingerprint density at radius 2 is 1.92 bits per heavy atom. The van der Waals surface area contributed by atoms with Crippen molar-refractivity contribution in [2.45, 2.75) is 18.9 Å². The summed E-state index contributed by atoms with van der Waals surface area (Å²) in [6.07, 6.45) is 0.458. The van der Waals surface area contributed by atoms with Gasteiger partial charge < -0.3 is 19.7 Å². The number of hydrogen-bond acceptors (Lipinski definition) is 4. The fourth-order valence-electron chi connectivity index (χ4n) is 3.35. The number of carbonyl (C=O) groups is 2. The number of ether oxygens (including phenoxy) is 2. The van der Waals surface area contributed by atoms with E-state index in [1.165, 1.54) is 0 Å². The van der Waals surface area contributed by atoms with E-state index in [-0.39, 0.29) is 31.1 Å². The van der Waals surface area contributed by atoms with Gasteiger partial charge in [0, 0.05) is 25.4 Å². The Labute approximate surface area is 151 Å². The van der Waals surface area contributed by atoms with E-state index in [1.807, 2.05) is 48.5 Å². The first kappa shape index (κ1) is 16.4. The third-order valence-electron chi connectivity index (χ3n) is 4.75. The number of hydrogen-bond donors (Lipinski definition) is 1. The van der Waals surface area contributed by atoms with Crippen molar-refractivity contribution in [2.24, 2.45) is 0 Å². The summed E-state index contributed by atoms with van der Waals surface area (Å²) in [5.74, 6) is 1.43. The van der Waals surface area contributed by atoms with Crippen LogP contribution >= 0.6 is 0 Å². The predicted octanol–water partition coefficient (Wildman–Crippen LogP) is 2.05. The zero-order chi connectivity index (χ0) is 17.9. The average molecular weight is 352 g/mol. The van der Waals surface area contributed by atoms with E-state index < -0.39 is 0 Å². The summed E-state index contributed by atoms with van der Waals surface area (Å²) in [6, 6.07) is 15.5. The number of nitrogens with one attached hydrogen (secondary N) is 1. The van der Waals surface area contributed by atoms with Crippen molar-refractivity contribution in [3.8, 4) is 11.5 Å². The second-order valence-electron chi connectivity index (χ2n) is 6.55. The monoisotopic (exact) mass is 352 g/mol. The van der Waals surface area contributed by atoms with Crippen LogP contribution in [0.4, 0.5) is 0 Å². The Bertz CT molecular complexity index is 822. The first-order valence-corrected chi connectivity index (χ1v) is 8.67. The summed E-state index contributed by atoms with van der Waals surface area (Å²) in [6.45, 7) is 1.29. The van der Waals surface area contributed by atoms with E-state index in [0.717, 1.165) is 16.9 Å². The third kappa shape index (κ3) is 3.49. The molecule has 2 amide bonds. The minimum Gasteiger partial charge on any atom is -0.454 e. The molecule has 0 spiro atoms. The molecular formula is C20H20N2O4. The molecule has 0 radical (unpaired) electrons. The quantitative estimate of drug-likeness (QED) is 0.894. The second kappa shape index (κ2) is 7.07. The molecule has 6 nitrogen and oxygen atoms in total. The topological polar surface area (TPSA) is 67.9 Å². The van der Waals surface area contributed by atoms with Gasteiger partial charge in [-0.05, 0) is 23.3 Å². The summed E-state index contributed by atoms with van der Waals surface area (Å²) >= 11 is 0. The molecule has 6 heteroatoms. The standard InChI is InChI=1S/C20H20N2O4/c23-19(21-10-14-6-7-17-18(8-14)26-13-25-17)12-22-11-16(9-20(22)24)15-4-2-1-3-5-15/h1-8,16H,9-13H2,(H,21,23)/t16-/m1/s1. The Balaban J connectivity index is 1.30. The number of rotatable bonds is 5. The third-order valence-corrected chi connectivity index (χ3v) is 4.75. The molecule has 0 saturated carbocycles. The molecule has 0 aliphatic carbocycles. The molecule has 1 N–H and O–H groups in total. The van der Waals surface area contributed by atoms with Crippen molar-refractivity contribution < 1.29 is 19.1 Å². The predicted molar refractivity (Wildman–Crippen MR) is 94.8 cm³/mol. The minimum atomic E-state index is -0.162. The molecule has 0 aromatic heterocycles. The molecule has 1 saturated heterocycles. The lowest BCUT2D eigenvalue weighted by Gasteiger charge is -2.16. The molecule has 0 bridgehead atoms. The Morgan fingerprint density at radius 1 is 1.12 bits per heavy atom. The van der Waals surface area contributed by atoms with Crippen molar-refractivity contribution in [1.82, 2.24) is 10.2 Å². The Hall–Kier alpha value is -3.02. The van der Waals surface area contributed by atoms with Gasteiger partial charge in [0.2, 0.25) is 18.6 Å². The minimum absolute atomic E-state index is 0.0251. The summed E-state index contributed by atoms with van der Waals surface area (Å²) in [7, 11) is 0. The van der Waals surface area contributed by atoms with Crippen LogP contribution in [0.25, 0.3) is 0 Å². The van der Waals surface area contributed by atoms with Crippen LogP contribution in [-0.2, 0) is 16.1 Å². The molecule has 1 atom stereocenters. The highest BCUT2D eigenvalue weighted by Gasteiger charge is 2.31. The Kier molecular flexibility index (Phi) is 4.48. The zero-order valence-corrected chi connectivity index (χ0v) is 14.3. The maximum atomic E-state index is 12.2. The van der Waals surface area contributed by atoms with Gasteiger partial charge in [-0.1, -0.05) is 36.4 Å². The van der Waals surface area contributed by atoms with E-state index in [1.54, 1.807) is 4.90 Å². The van der Waals surface area contributed by atoms with E-state index >= 15 is 0 Å². The molecule has 134 valence electrons. The number of nitrogens with zero attached hydrogens (tertiary/aromatic N) is 1. The molecule has 2 aliphatic rings. The van der Waals surface area contributed by atoms with Crippen LogP contribution in [0.5, 0.6) is 11.5 Å². The molecule has 2 aromatic carbocycles. The first-order chi connectivity index (χ1) is 12.7. The van der Waals surface area contributed by atoms with Crippen LogP contribution < -0.4 is 14.8 Å². The highest BCUT2D eigenvalue weighted by molar-refractivity contribution is 5.86. The number of fused-ring (bicyclic) bond motifs is 1. The maximum Gasteiger partial charge on any atom is 0.239 e. The smallest absolute Gasteiger partial charge is 0.239 e. The highest BCUT2D eigenvalue weighted by atomic mass is 16.7. The second-order valence-corrected chi connectivity index (χ2v) is 6.55. The van der Waals surface area contributed by atoms with Gasteiger partial charge >= 0.3 is 0 Å². The average Bonchev–Trinajstić information content (AvgIpc) is 3.27. The molecule has 0 unspecified atom stereocenters. The molecule has 2 heterocycles. The van der Waals surface area contributed by atoms with Crippen LogP contribution in [0.1, 0.15) is 23.5 Å². The van der Waals surface area contributed by atoms with Gasteiger partial charge in [-0.25, -0.2) is 0 Å². The number of carbonyl (C=O) groups excluding carboxylic acids is 2. The normalized spacial score (nSPS) is 18.2. The number of amides is 2. The van der Waals surface area contributed by atoms with Gasteiger partial charge in [0.15, 0.2) is 11.5 Å². The zero-order valence-electron chi connectivity index (χ0n) is 14.3. The summed E-state index contributed by atoms with van der Waals surface area (Å²) in [5, 5.41) is 2.86. The molecule has 4 rings (SSSR count). The lowest BCUT2D eigenvalue weighted by Crippen LogP contribution is -2.37. The first-order valence-electron chi connectivity index (χ1n) is 8.67. The van der Waals surface area contributed by atoms with Crippen LogP contribution in [0, 0.1) is 0 Å². The highest BCUT2D eigenvalue weighted by Crippen LogP contribution is 2.32. The van der Waals surface area contributed by atoms with Crippen molar-refractivity contribution in [2.75, 3.05) is 19.9 Å². The summed E-state index contributed by atoms with van der Waals surface area (Å²) < 4.78 is 10.6. The van der Waals surface area contributed by atoms with Crippen LogP contribution in [0.2, 0.25) is 0 Å². The van der Waals surface area contributed by atoms with Crippen molar-refractivity contribution in [3.63, 3.8) is 0 Å². The largest absolute Gasteiger partial charge is 0.454 e. The lowest BCUT2D eigenvalue weighted by molar-refractivity contribution is -0.133. The number of benzene rings is 2. The van der Waals surface area contributed by atoms with Crippen LogP contribution in [0.3, 0.4) is 0 Å². The molecule has 1 fully saturated rings. The van der Waals surface area contributed by atoms with Gasteiger partial charge in [-0.3, -0.25) is 9.59 Å². The molecular weight excluding hydrogens is 332 g/mol. The van der Waals surface area contributed by atoms with E-state index in [4.69, 9.17) is 9.47 Å². The van der Waals surface area contributed by atoms with Crippen molar-refractivity contribution in [1.29, 1.82) is 0 Å². The SMILES string of the molecule is O=C(CN1C[C@H](c2ccccc2)CC1=O)NCc1ccc2c(c1)OCO2. The Morgan fingerprint density at radius 3 is 2.77 bits per heavy atom. The maximum absolute atomic E-state index is 12.2. The summed E-state index contributed by atoms with van der Waals surface area (Å²) in [5.41, 5.74) is 2.07. The molecule has 26 heavy (non-hydrogen) atoms. The summed E-state index contributed by atoms with van der Waals surface area (Å²) in [4.78, 5) is 26.1. The van der Waals surface area contributed by atoms with Crippen molar-refractivity contribution in [3.05, 3.63) is 59.7 Å². The van der Waals surface area contributed by atoms with Gasteiger partial charge in [-0.15, -0.1) is 0 Å². The van der Waals surface area contributed by atoms with Gasteiger partial charge in [0.05, 0.1) is 6.54 Å². The fourth-order valence-corrected chi connectivity index (χ4v) is 3.35. The van der Waals surface area contributed by atoms with Crippen molar-refractivity contribution >= 4 is 11.8 Å². The van der Waals surface area contributed by atoms with Crippen LogP contribution in [0.15, 0.2) is 48.5 Å². The van der Waals surface area contributed by atoms with E-state index in [0.29, 0.717) is 25.3 Å². The molecule has 2 aromatic rings. The number of likely N-dealkylation sites (tertiary alicyclic amines) is 1. The van der Waals surface area contributed by atoms with E-state index in [9.17, 15) is 9.59 Å². The fraction of sp³-hybridized carbons (Fsp3) is 0.300. The van der Waals surface area contributed by atoms with Gasteiger partial charge in [0.25, 0.3) is 0 Å². The van der Waals surface area contributed by atoms with Gasteiger partial charge in [-0.2, -0.15) is 0 Å². The van der Waals surface area contributed by atoms with Crippen LogP contribution in [-0.4, -0.2) is 36.6 Å². The van der Waals surface area contributed by atoms with E-state index in [2.05, 4.69) is 5.32 Å². The van der Waals surface area contributed by atoms with Gasteiger partial charge in [0.1, 0.15) is 0 Å². The molecule has 2 aliphatic heterocycles. The lowest BCUT2D eigenvalue weighted by atomic mass is 9.99.